The van der Waals surface area contributed by atoms with Gasteiger partial charge in [-0.05, 0) is 57.9 Å². The van der Waals surface area contributed by atoms with E-state index in [1.807, 2.05) is 34.6 Å². The van der Waals surface area contributed by atoms with Crippen molar-refractivity contribution in [3.05, 3.63) is 58.9 Å². The first kappa shape index (κ1) is 22.7. The zero-order valence-electron chi connectivity index (χ0n) is 18.7. The Labute approximate surface area is 183 Å². The lowest BCUT2D eigenvalue weighted by atomic mass is 10.2. The van der Waals surface area contributed by atoms with Crippen molar-refractivity contribution in [2.45, 2.75) is 53.0 Å². The molecule has 0 spiro atoms. The van der Waals surface area contributed by atoms with Gasteiger partial charge in [-0.1, -0.05) is 19.0 Å². The second-order valence-corrected chi connectivity index (χ2v) is 9.78. The molecule has 0 unspecified atom stereocenters. The molecule has 2 heterocycles. The third kappa shape index (κ3) is 5.04. The Hall–Kier alpha value is -2.94. The molecule has 0 saturated heterocycles. The summed E-state index contributed by atoms with van der Waals surface area (Å²) in [4.78, 5) is 8.91. The van der Waals surface area contributed by atoms with Crippen molar-refractivity contribution < 1.29 is 17.7 Å². The maximum absolute atomic E-state index is 13.4. The van der Waals surface area contributed by atoms with Crippen LogP contribution in [0, 0.1) is 33.6 Å². The van der Waals surface area contributed by atoms with Crippen LogP contribution in [0.3, 0.4) is 0 Å². The molecule has 0 amide bonds. The summed E-state index contributed by atoms with van der Waals surface area (Å²) in [5.41, 5.74) is 2.97. The molecule has 2 aromatic heterocycles. The van der Waals surface area contributed by atoms with E-state index < -0.39 is 10.0 Å². The minimum Gasteiger partial charge on any atom is -0.489 e. The van der Waals surface area contributed by atoms with Crippen molar-refractivity contribution in [1.29, 1.82) is 0 Å². The number of aryl methyl sites for hydroxylation is 4. The van der Waals surface area contributed by atoms with Crippen LogP contribution < -0.4 is 9.04 Å². The highest BCUT2D eigenvalue weighted by Crippen LogP contribution is 2.27. The maximum atomic E-state index is 13.4. The van der Waals surface area contributed by atoms with E-state index in [2.05, 4.69) is 15.1 Å². The highest BCUT2D eigenvalue weighted by molar-refractivity contribution is 7.92. The number of sulfonamides is 1. The molecule has 0 aliphatic carbocycles. The molecule has 0 N–H and O–H groups in total. The minimum atomic E-state index is -3.82. The van der Waals surface area contributed by atoms with E-state index in [0.717, 1.165) is 17.0 Å². The van der Waals surface area contributed by atoms with Gasteiger partial charge in [0.25, 0.3) is 10.0 Å². The van der Waals surface area contributed by atoms with Crippen LogP contribution in [-0.2, 0) is 16.6 Å². The average molecular weight is 445 g/mol. The number of anilines is 1. The third-order valence-electron chi connectivity index (χ3n) is 4.78. The molecular formula is C22H28N4O4S. The van der Waals surface area contributed by atoms with Crippen LogP contribution in [0.4, 0.5) is 5.82 Å². The van der Waals surface area contributed by atoms with E-state index in [0.29, 0.717) is 36.2 Å². The van der Waals surface area contributed by atoms with E-state index in [4.69, 9.17) is 9.26 Å². The lowest BCUT2D eigenvalue weighted by Gasteiger charge is -2.26. The van der Waals surface area contributed by atoms with Gasteiger partial charge in [0.1, 0.15) is 18.1 Å². The monoisotopic (exact) mass is 444 g/mol. The van der Waals surface area contributed by atoms with E-state index in [9.17, 15) is 8.42 Å². The van der Waals surface area contributed by atoms with Crippen molar-refractivity contribution in [1.82, 2.24) is 15.1 Å². The van der Waals surface area contributed by atoms with Crippen molar-refractivity contribution in [2.75, 3.05) is 10.8 Å². The molecule has 1 aromatic carbocycles. The molecule has 0 fully saturated rings. The highest BCUT2D eigenvalue weighted by atomic mass is 32.2. The zero-order valence-corrected chi connectivity index (χ0v) is 19.5. The summed E-state index contributed by atoms with van der Waals surface area (Å²) in [6.07, 6.45) is 1.58. The van der Waals surface area contributed by atoms with E-state index >= 15 is 0 Å². The van der Waals surface area contributed by atoms with Crippen molar-refractivity contribution in [2.24, 2.45) is 5.92 Å². The van der Waals surface area contributed by atoms with Crippen molar-refractivity contribution in [3.63, 3.8) is 0 Å². The summed E-state index contributed by atoms with van der Waals surface area (Å²) in [6, 6.07) is 6.38. The molecule has 166 valence electrons. The Balaban J connectivity index is 1.86. The fourth-order valence-electron chi connectivity index (χ4n) is 3.16. The molecule has 3 aromatic rings. The molecule has 0 atom stereocenters. The van der Waals surface area contributed by atoms with Crippen LogP contribution in [0.15, 0.2) is 39.9 Å². The van der Waals surface area contributed by atoms with Gasteiger partial charge in [-0.15, -0.1) is 0 Å². The van der Waals surface area contributed by atoms with Gasteiger partial charge in [0, 0.05) is 6.54 Å². The zero-order chi connectivity index (χ0) is 22.8. The molecule has 0 aliphatic rings. The van der Waals surface area contributed by atoms with E-state index in [1.54, 1.807) is 37.4 Å². The van der Waals surface area contributed by atoms with Gasteiger partial charge in [-0.3, -0.25) is 4.98 Å². The predicted molar refractivity (Wildman–Crippen MR) is 118 cm³/mol. The Bertz CT molecular complexity index is 1140. The van der Waals surface area contributed by atoms with Crippen LogP contribution in [0.5, 0.6) is 5.75 Å². The van der Waals surface area contributed by atoms with E-state index in [1.165, 1.54) is 4.31 Å². The van der Waals surface area contributed by atoms with Gasteiger partial charge >= 0.3 is 0 Å². The number of ether oxygens (including phenoxy) is 1. The fraction of sp³-hybridized carbons (Fsp3) is 0.409. The number of nitrogens with zero attached hydrogens (tertiary/aromatic N) is 4. The predicted octanol–water partition coefficient (Wildman–Crippen LogP) is 4.13. The van der Waals surface area contributed by atoms with Crippen molar-refractivity contribution in [3.8, 4) is 5.75 Å². The smallest absolute Gasteiger partial charge is 0.265 e. The molecule has 0 saturated carbocycles. The average Bonchev–Trinajstić information content (AvgIpc) is 3.02. The molecule has 3 rings (SSSR count). The molecular weight excluding hydrogens is 416 g/mol. The molecule has 0 radical (unpaired) electrons. The highest BCUT2D eigenvalue weighted by Gasteiger charge is 2.28. The van der Waals surface area contributed by atoms with Crippen LogP contribution in [0.2, 0.25) is 0 Å². The second-order valence-electron chi connectivity index (χ2n) is 7.91. The first-order valence-corrected chi connectivity index (χ1v) is 11.5. The molecule has 0 aliphatic heterocycles. The quantitative estimate of drug-likeness (QED) is 0.515. The van der Waals surface area contributed by atoms with Crippen LogP contribution in [0.1, 0.15) is 42.3 Å². The Morgan fingerprint density at radius 3 is 2.29 bits per heavy atom. The molecule has 9 heteroatoms. The summed E-state index contributed by atoms with van der Waals surface area (Å²) in [5.74, 6) is 1.71. The largest absolute Gasteiger partial charge is 0.489 e. The lowest BCUT2D eigenvalue weighted by molar-refractivity contribution is 0.301. The second kappa shape index (κ2) is 9.05. The summed E-state index contributed by atoms with van der Waals surface area (Å²) < 4.78 is 39.2. The van der Waals surface area contributed by atoms with Crippen molar-refractivity contribution >= 4 is 15.8 Å². The maximum Gasteiger partial charge on any atom is 0.265 e. The third-order valence-corrected chi connectivity index (χ3v) is 6.55. The lowest BCUT2D eigenvalue weighted by Crippen LogP contribution is -2.35. The van der Waals surface area contributed by atoms with Gasteiger partial charge in [0.15, 0.2) is 5.82 Å². The summed E-state index contributed by atoms with van der Waals surface area (Å²) in [7, 11) is -3.82. The fourth-order valence-corrected chi connectivity index (χ4v) is 4.80. The number of hydrogen-bond acceptors (Lipinski definition) is 7. The number of rotatable bonds is 8. The SMILES string of the molecule is Cc1cnc(N(CC(C)C)S(=O)(=O)c2ccc(OCc3c(C)noc3C)cc2)c(C)n1. The van der Waals surface area contributed by atoms with Gasteiger partial charge in [-0.25, -0.2) is 17.7 Å². The first-order chi connectivity index (χ1) is 14.6. The number of hydrogen-bond donors (Lipinski definition) is 0. The topological polar surface area (TPSA) is 98.4 Å². The normalized spacial score (nSPS) is 11.7. The summed E-state index contributed by atoms with van der Waals surface area (Å²) in [5, 5.41) is 3.91. The molecule has 8 nitrogen and oxygen atoms in total. The number of benzene rings is 1. The number of aromatic nitrogens is 3. The first-order valence-electron chi connectivity index (χ1n) is 10.1. The minimum absolute atomic E-state index is 0.106. The van der Waals surface area contributed by atoms with Gasteiger partial charge in [0.2, 0.25) is 0 Å². The molecule has 31 heavy (non-hydrogen) atoms. The molecule has 0 bridgehead atoms. The van der Waals surface area contributed by atoms with Gasteiger partial charge < -0.3 is 9.26 Å². The van der Waals surface area contributed by atoms with Crippen LogP contribution >= 0.6 is 0 Å². The van der Waals surface area contributed by atoms with Gasteiger partial charge in [-0.2, -0.15) is 0 Å². The Morgan fingerprint density at radius 1 is 1.06 bits per heavy atom. The van der Waals surface area contributed by atoms with Gasteiger partial charge in [0.05, 0.1) is 33.7 Å². The summed E-state index contributed by atoms with van der Waals surface area (Å²) >= 11 is 0. The van der Waals surface area contributed by atoms with Crippen LogP contribution in [0.25, 0.3) is 0 Å². The van der Waals surface area contributed by atoms with Crippen LogP contribution in [-0.4, -0.2) is 30.1 Å². The Kier molecular flexibility index (Phi) is 6.64. The van der Waals surface area contributed by atoms with E-state index in [-0.39, 0.29) is 10.8 Å². The standard InChI is InChI=1S/C22H28N4O4S/c1-14(2)12-26(22-17(5)24-15(3)11-23-22)31(27,28)20-9-7-19(8-10-20)29-13-21-16(4)25-30-18(21)6/h7-11,14H,12-13H2,1-6H3. The Morgan fingerprint density at radius 2 is 1.74 bits per heavy atom. The summed E-state index contributed by atoms with van der Waals surface area (Å²) in [6.45, 7) is 11.8.